The summed E-state index contributed by atoms with van der Waals surface area (Å²) in [6, 6.07) is 2.13. The normalized spacial score (nSPS) is 28.7. The molecule has 2 N–H and O–H groups in total. The van der Waals surface area contributed by atoms with Crippen LogP contribution >= 0.6 is 0 Å². The average molecular weight is 205 g/mol. The molecule has 0 aromatic carbocycles. The minimum absolute atomic E-state index is 0.146. The lowest BCUT2D eigenvalue weighted by Crippen LogP contribution is -2.25. The van der Waals surface area contributed by atoms with Crippen LogP contribution < -0.4 is 5.73 Å². The summed E-state index contributed by atoms with van der Waals surface area (Å²) in [5.74, 6) is 1.51. The first-order valence-electron chi connectivity index (χ1n) is 5.79. The Balaban J connectivity index is 1.99. The van der Waals surface area contributed by atoms with E-state index in [-0.39, 0.29) is 6.04 Å². The molecule has 1 fully saturated rings. The third-order valence-corrected chi connectivity index (χ3v) is 3.56. The molecule has 0 spiro atoms. The first-order valence-corrected chi connectivity index (χ1v) is 5.79. The van der Waals surface area contributed by atoms with Gasteiger partial charge >= 0.3 is 0 Å². The van der Waals surface area contributed by atoms with Gasteiger partial charge in [-0.3, -0.25) is 0 Å². The van der Waals surface area contributed by atoms with Gasteiger partial charge in [0.25, 0.3) is 0 Å². The number of rotatable bonds is 2. The van der Waals surface area contributed by atoms with Crippen LogP contribution in [-0.4, -0.2) is 10.2 Å². The zero-order valence-corrected chi connectivity index (χ0v) is 9.26. The summed E-state index contributed by atoms with van der Waals surface area (Å²) in [4.78, 5) is 0. The van der Waals surface area contributed by atoms with Gasteiger partial charge in [0.05, 0.1) is 6.20 Å². The molecule has 3 nitrogen and oxygen atoms in total. The van der Waals surface area contributed by atoms with E-state index in [1.807, 2.05) is 6.07 Å². The van der Waals surface area contributed by atoms with Gasteiger partial charge in [-0.05, 0) is 36.3 Å². The van der Waals surface area contributed by atoms with Crippen LogP contribution in [0.4, 0.5) is 0 Å². The molecule has 0 bridgehead atoms. The summed E-state index contributed by atoms with van der Waals surface area (Å²) >= 11 is 0. The molecule has 1 aromatic heterocycles. The van der Waals surface area contributed by atoms with Crippen molar-refractivity contribution < 1.29 is 0 Å². The lowest BCUT2D eigenvalue weighted by Gasteiger charge is -2.30. The third kappa shape index (κ3) is 2.53. The van der Waals surface area contributed by atoms with E-state index in [0.29, 0.717) is 5.92 Å². The summed E-state index contributed by atoms with van der Waals surface area (Å²) in [5.41, 5.74) is 7.38. The summed E-state index contributed by atoms with van der Waals surface area (Å²) in [6.07, 6.45) is 8.66. The van der Waals surface area contributed by atoms with E-state index in [1.165, 1.54) is 25.7 Å². The number of nitrogens with two attached hydrogens (primary N) is 1. The van der Waals surface area contributed by atoms with Crippen LogP contribution in [0.15, 0.2) is 18.5 Å². The highest BCUT2D eigenvalue weighted by atomic mass is 15.1. The Labute approximate surface area is 91.1 Å². The highest BCUT2D eigenvalue weighted by Gasteiger charge is 2.24. The van der Waals surface area contributed by atoms with Crippen molar-refractivity contribution in [2.75, 3.05) is 0 Å². The van der Waals surface area contributed by atoms with Crippen molar-refractivity contribution in [2.24, 2.45) is 17.6 Å². The van der Waals surface area contributed by atoms with E-state index in [0.717, 1.165) is 11.5 Å². The Morgan fingerprint density at radius 1 is 1.27 bits per heavy atom. The molecular weight excluding hydrogens is 186 g/mol. The molecule has 0 aliphatic heterocycles. The molecule has 1 atom stereocenters. The highest BCUT2D eigenvalue weighted by molar-refractivity contribution is 5.12. The molecular formula is C12H19N3. The second-order valence-corrected chi connectivity index (χ2v) is 4.72. The van der Waals surface area contributed by atoms with Crippen LogP contribution in [0.1, 0.15) is 44.2 Å². The van der Waals surface area contributed by atoms with Crippen molar-refractivity contribution in [2.45, 2.75) is 38.6 Å². The van der Waals surface area contributed by atoms with Gasteiger partial charge in [0.15, 0.2) is 0 Å². The summed E-state index contributed by atoms with van der Waals surface area (Å²) < 4.78 is 0. The highest BCUT2D eigenvalue weighted by Crippen LogP contribution is 2.34. The van der Waals surface area contributed by atoms with Gasteiger partial charge in [-0.2, -0.15) is 10.2 Å². The summed E-state index contributed by atoms with van der Waals surface area (Å²) in [5, 5.41) is 7.66. The molecule has 1 aromatic rings. The van der Waals surface area contributed by atoms with E-state index < -0.39 is 0 Å². The predicted molar refractivity (Wildman–Crippen MR) is 60.1 cm³/mol. The minimum Gasteiger partial charge on any atom is -0.324 e. The first-order chi connectivity index (χ1) is 7.27. The van der Waals surface area contributed by atoms with Gasteiger partial charge in [-0.25, -0.2) is 0 Å². The zero-order chi connectivity index (χ0) is 10.7. The Morgan fingerprint density at radius 3 is 2.60 bits per heavy atom. The van der Waals surface area contributed by atoms with Crippen LogP contribution in [-0.2, 0) is 0 Å². The maximum absolute atomic E-state index is 6.25. The monoisotopic (exact) mass is 205 g/mol. The molecule has 0 saturated heterocycles. The van der Waals surface area contributed by atoms with Gasteiger partial charge in [-0.1, -0.05) is 19.8 Å². The van der Waals surface area contributed by atoms with E-state index in [9.17, 15) is 0 Å². The number of hydrogen-bond acceptors (Lipinski definition) is 3. The van der Waals surface area contributed by atoms with Crippen LogP contribution in [0.25, 0.3) is 0 Å². The van der Waals surface area contributed by atoms with Gasteiger partial charge in [0, 0.05) is 12.2 Å². The van der Waals surface area contributed by atoms with E-state index >= 15 is 0 Å². The second-order valence-electron chi connectivity index (χ2n) is 4.72. The summed E-state index contributed by atoms with van der Waals surface area (Å²) in [7, 11) is 0. The molecule has 1 heterocycles. The number of hydrogen-bond donors (Lipinski definition) is 1. The zero-order valence-electron chi connectivity index (χ0n) is 9.26. The van der Waals surface area contributed by atoms with Crippen molar-refractivity contribution in [3.8, 4) is 0 Å². The predicted octanol–water partition coefficient (Wildman–Crippen LogP) is 2.30. The Hall–Kier alpha value is -0.960. The van der Waals surface area contributed by atoms with Gasteiger partial charge in [0.1, 0.15) is 0 Å². The average Bonchev–Trinajstić information content (AvgIpc) is 2.30. The van der Waals surface area contributed by atoms with Crippen molar-refractivity contribution in [3.05, 3.63) is 24.0 Å². The van der Waals surface area contributed by atoms with Crippen LogP contribution in [0.2, 0.25) is 0 Å². The van der Waals surface area contributed by atoms with Gasteiger partial charge in [0.2, 0.25) is 0 Å². The standard InChI is InChI=1S/C12H19N3/c1-9-2-4-10(5-3-9)12(13)11-6-7-14-15-8-11/h6-10,12H,2-5,13H2,1H3. The Kier molecular flexibility index (Phi) is 3.31. The summed E-state index contributed by atoms with van der Waals surface area (Å²) in [6.45, 7) is 2.33. The quantitative estimate of drug-likeness (QED) is 0.806. The Morgan fingerprint density at radius 2 is 2.00 bits per heavy atom. The van der Waals surface area contributed by atoms with Crippen LogP contribution in [0.5, 0.6) is 0 Å². The topological polar surface area (TPSA) is 51.8 Å². The molecule has 1 aliphatic rings. The number of aromatic nitrogens is 2. The third-order valence-electron chi connectivity index (χ3n) is 3.56. The first kappa shape index (κ1) is 10.6. The maximum Gasteiger partial charge on any atom is 0.0544 e. The lowest BCUT2D eigenvalue weighted by molar-refractivity contribution is 0.256. The van der Waals surface area contributed by atoms with Gasteiger partial charge < -0.3 is 5.73 Å². The smallest absolute Gasteiger partial charge is 0.0544 e. The molecule has 2 rings (SSSR count). The van der Waals surface area contributed by atoms with Gasteiger partial charge in [-0.15, -0.1) is 0 Å². The molecule has 15 heavy (non-hydrogen) atoms. The van der Waals surface area contributed by atoms with E-state index in [1.54, 1.807) is 12.4 Å². The molecule has 3 heteroatoms. The van der Waals surface area contributed by atoms with Crippen molar-refractivity contribution in [1.29, 1.82) is 0 Å². The fourth-order valence-electron chi connectivity index (χ4n) is 2.42. The Bertz CT molecular complexity index is 291. The lowest BCUT2D eigenvalue weighted by atomic mass is 9.78. The van der Waals surface area contributed by atoms with Crippen LogP contribution in [0.3, 0.4) is 0 Å². The SMILES string of the molecule is CC1CCC(C(N)c2ccnnc2)CC1. The molecule has 82 valence electrons. The molecule has 0 amide bonds. The molecule has 1 aliphatic carbocycles. The molecule has 1 unspecified atom stereocenters. The molecule has 1 saturated carbocycles. The van der Waals surface area contributed by atoms with Crippen LogP contribution in [0, 0.1) is 11.8 Å². The van der Waals surface area contributed by atoms with Crippen molar-refractivity contribution >= 4 is 0 Å². The minimum atomic E-state index is 0.146. The fraction of sp³-hybridized carbons (Fsp3) is 0.667. The largest absolute Gasteiger partial charge is 0.324 e. The number of nitrogens with zero attached hydrogens (tertiary/aromatic N) is 2. The molecule has 0 radical (unpaired) electrons. The van der Waals surface area contributed by atoms with Crippen molar-refractivity contribution in [3.63, 3.8) is 0 Å². The van der Waals surface area contributed by atoms with E-state index in [4.69, 9.17) is 5.73 Å². The van der Waals surface area contributed by atoms with Crippen molar-refractivity contribution in [1.82, 2.24) is 10.2 Å². The maximum atomic E-state index is 6.25. The second kappa shape index (κ2) is 4.71. The fourth-order valence-corrected chi connectivity index (χ4v) is 2.42. The van der Waals surface area contributed by atoms with E-state index in [2.05, 4.69) is 17.1 Å².